The summed E-state index contributed by atoms with van der Waals surface area (Å²) in [5.41, 5.74) is 0. The van der Waals surface area contributed by atoms with Crippen LogP contribution in [0, 0.1) is 0 Å². The van der Waals surface area contributed by atoms with Gasteiger partial charge in [0.05, 0.1) is 0 Å². The zero-order chi connectivity index (χ0) is 49.3. The van der Waals surface area contributed by atoms with Gasteiger partial charge in [0.25, 0.3) is 0 Å². The highest BCUT2D eigenvalue weighted by atomic mass is 16.6. The van der Waals surface area contributed by atoms with E-state index in [0.29, 0.717) is 19.3 Å². The largest absolute Gasteiger partial charge is 0.462 e. The Kier molecular flexibility index (Phi) is 54.3. The SMILES string of the molecule is CC/C=C\C/C=C\C/C=C\CCCCCCCCCCCC(=O)OCC(COC(=O)CCCCCCC/C=C\CCCCC)OC(=O)CCCCCCCCC/C=C\CCCCCCCCCC. The van der Waals surface area contributed by atoms with Crippen LogP contribution in [0.2, 0.25) is 0 Å². The zero-order valence-corrected chi connectivity index (χ0v) is 45.1. The van der Waals surface area contributed by atoms with Crippen LogP contribution in [-0.2, 0) is 28.6 Å². The molecule has 0 aromatic rings. The van der Waals surface area contributed by atoms with Crippen LogP contribution in [0.3, 0.4) is 0 Å². The number of carbonyl (C=O) groups excluding carboxylic acids is 3. The van der Waals surface area contributed by atoms with Gasteiger partial charge in [-0.25, -0.2) is 0 Å². The first kappa shape index (κ1) is 65.1. The molecule has 0 saturated heterocycles. The Hall–Kier alpha value is -2.89. The van der Waals surface area contributed by atoms with E-state index < -0.39 is 6.10 Å². The molecule has 6 nitrogen and oxygen atoms in total. The van der Waals surface area contributed by atoms with Crippen molar-refractivity contribution in [2.75, 3.05) is 13.2 Å². The molecule has 1 atom stereocenters. The van der Waals surface area contributed by atoms with Gasteiger partial charge < -0.3 is 14.2 Å². The van der Waals surface area contributed by atoms with Gasteiger partial charge in [0.1, 0.15) is 13.2 Å². The highest BCUT2D eigenvalue weighted by Crippen LogP contribution is 2.16. The third kappa shape index (κ3) is 54.1. The van der Waals surface area contributed by atoms with E-state index in [-0.39, 0.29) is 31.1 Å². The Morgan fingerprint density at radius 3 is 0.941 bits per heavy atom. The smallest absolute Gasteiger partial charge is 0.306 e. The Bertz CT molecular complexity index is 1230. The summed E-state index contributed by atoms with van der Waals surface area (Å²) in [7, 11) is 0. The first-order valence-electron chi connectivity index (χ1n) is 29.3. The fourth-order valence-electron chi connectivity index (χ4n) is 8.33. The molecule has 0 aliphatic carbocycles. The van der Waals surface area contributed by atoms with Gasteiger partial charge in [-0.1, -0.05) is 236 Å². The van der Waals surface area contributed by atoms with Crippen LogP contribution < -0.4 is 0 Å². The van der Waals surface area contributed by atoms with Crippen LogP contribution in [0.1, 0.15) is 297 Å². The second-order valence-corrected chi connectivity index (χ2v) is 19.5. The van der Waals surface area contributed by atoms with E-state index in [9.17, 15) is 14.4 Å². The number of esters is 3. The lowest BCUT2D eigenvalue weighted by Crippen LogP contribution is -2.30. The molecule has 0 fully saturated rings. The summed E-state index contributed by atoms with van der Waals surface area (Å²) in [5, 5.41) is 0. The summed E-state index contributed by atoms with van der Waals surface area (Å²) < 4.78 is 16.9. The van der Waals surface area contributed by atoms with Gasteiger partial charge in [-0.15, -0.1) is 0 Å². The van der Waals surface area contributed by atoms with Crippen molar-refractivity contribution in [1.29, 1.82) is 0 Å². The fourth-order valence-corrected chi connectivity index (χ4v) is 8.33. The minimum absolute atomic E-state index is 0.0803. The number of hydrogen-bond acceptors (Lipinski definition) is 6. The molecule has 0 heterocycles. The second kappa shape index (κ2) is 56.7. The predicted octanol–water partition coefficient (Wildman–Crippen LogP) is 19.6. The topological polar surface area (TPSA) is 78.9 Å². The summed E-state index contributed by atoms with van der Waals surface area (Å²) in [6.45, 7) is 6.52. The van der Waals surface area contributed by atoms with Gasteiger partial charge >= 0.3 is 17.9 Å². The Balaban J connectivity index is 4.34. The third-order valence-corrected chi connectivity index (χ3v) is 12.7. The standard InChI is InChI=1S/C62H110O6/c1-4-7-10-13-16-19-22-25-27-29-31-33-35-37-40-43-46-49-52-55-61(64)67-58-59(57-66-60(63)54-51-48-45-42-39-24-21-18-15-12-9-6-3)68-62(65)56-53-50-47-44-41-38-36-34-32-30-28-26-23-20-17-14-11-8-5-2/h7,10,16,18-19,21,25,27,30,32,59H,4-6,8-9,11-15,17,20,22-24,26,28-29,31,33-58H2,1-3H3/b10-7-,19-16-,21-18-,27-25-,32-30-. The highest BCUT2D eigenvalue weighted by Gasteiger charge is 2.19. The summed E-state index contributed by atoms with van der Waals surface area (Å²) in [5.74, 6) is -0.888. The average Bonchev–Trinajstić information content (AvgIpc) is 3.34. The van der Waals surface area contributed by atoms with E-state index in [1.807, 2.05) is 0 Å². The lowest BCUT2D eigenvalue weighted by atomic mass is 10.1. The van der Waals surface area contributed by atoms with E-state index in [4.69, 9.17) is 14.2 Å². The first-order valence-corrected chi connectivity index (χ1v) is 29.3. The van der Waals surface area contributed by atoms with Crippen molar-refractivity contribution < 1.29 is 28.6 Å². The van der Waals surface area contributed by atoms with Crippen molar-refractivity contribution in [2.24, 2.45) is 0 Å². The molecule has 0 amide bonds. The highest BCUT2D eigenvalue weighted by molar-refractivity contribution is 5.71. The molecule has 0 rings (SSSR count). The number of rotatable bonds is 53. The van der Waals surface area contributed by atoms with Gasteiger partial charge in [-0.05, 0) is 103 Å². The summed E-state index contributed by atoms with van der Waals surface area (Å²) in [6, 6.07) is 0. The molecule has 0 aliphatic rings. The predicted molar refractivity (Wildman–Crippen MR) is 293 cm³/mol. The molecule has 0 aromatic heterocycles. The molecule has 0 saturated carbocycles. The number of unbranched alkanes of at least 4 members (excludes halogenated alkanes) is 32. The molecular formula is C62H110O6. The van der Waals surface area contributed by atoms with E-state index in [2.05, 4.69) is 81.5 Å². The third-order valence-electron chi connectivity index (χ3n) is 12.7. The molecule has 0 N–H and O–H groups in total. The van der Waals surface area contributed by atoms with Crippen LogP contribution in [0.4, 0.5) is 0 Å². The van der Waals surface area contributed by atoms with Crippen molar-refractivity contribution >= 4 is 17.9 Å². The number of ether oxygens (including phenoxy) is 3. The molecule has 0 bridgehead atoms. The lowest BCUT2D eigenvalue weighted by Gasteiger charge is -2.18. The maximum Gasteiger partial charge on any atom is 0.306 e. The van der Waals surface area contributed by atoms with Gasteiger partial charge in [0.2, 0.25) is 0 Å². The summed E-state index contributed by atoms with van der Waals surface area (Å²) in [6.07, 6.45) is 70.7. The Morgan fingerprint density at radius 1 is 0.309 bits per heavy atom. The van der Waals surface area contributed by atoms with Crippen molar-refractivity contribution in [1.82, 2.24) is 0 Å². The number of carbonyl (C=O) groups is 3. The van der Waals surface area contributed by atoms with Crippen molar-refractivity contribution in [3.8, 4) is 0 Å². The normalized spacial score (nSPS) is 12.5. The molecule has 6 heteroatoms. The number of hydrogen-bond donors (Lipinski definition) is 0. The minimum Gasteiger partial charge on any atom is -0.462 e. The Labute approximate surface area is 421 Å². The molecular weight excluding hydrogens is 841 g/mol. The molecule has 1 unspecified atom stereocenters. The van der Waals surface area contributed by atoms with Crippen LogP contribution >= 0.6 is 0 Å². The van der Waals surface area contributed by atoms with Crippen molar-refractivity contribution in [3.63, 3.8) is 0 Å². The van der Waals surface area contributed by atoms with Crippen LogP contribution in [0.25, 0.3) is 0 Å². The van der Waals surface area contributed by atoms with Crippen LogP contribution in [-0.4, -0.2) is 37.2 Å². The van der Waals surface area contributed by atoms with Gasteiger partial charge in [-0.3, -0.25) is 14.4 Å². The maximum absolute atomic E-state index is 12.9. The molecule has 68 heavy (non-hydrogen) atoms. The Morgan fingerprint density at radius 2 is 0.574 bits per heavy atom. The van der Waals surface area contributed by atoms with Crippen molar-refractivity contribution in [2.45, 2.75) is 303 Å². The molecule has 394 valence electrons. The monoisotopic (exact) mass is 951 g/mol. The number of allylic oxidation sites excluding steroid dienone is 10. The van der Waals surface area contributed by atoms with Crippen LogP contribution in [0.5, 0.6) is 0 Å². The molecule has 0 aliphatic heterocycles. The quantitative estimate of drug-likeness (QED) is 0.0262. The minimum atomic E-state index is -0.782. The second-order valence-electron chi connectivity index (χ2n) is 19.5. The summed E-state index contributed by atoms with van der Waals surface area (Å²) >= 11 is 0. The fraction of sp³-hybridized carbons (Fsp3) is 0.790. The van der Waals surface area contributed by atoms with E-state index in [0.717, 1.165) is 83.5 Å². The van der Waals surface area contributed by atoms with E-state index >= 15 is 0 Å². The molecule has 0 spiro atoms. The van der Waals surface area contributed by atoms with Gasteiger partial charge in [-0.2, -0.15) is 0 Å². The first-order chi connectivity index (χ1) is 33.5. The molecule has 0 aromatic carbocycles. The van der Waals surface area contributed by atoms with E-state index in [1.165, 1.54) is 173 Å². The van der Waals surface area contributed by atoms with Crippen LogP contribution in [0.15, 0.2) is 60.8 Å². The lowest BCUT2D eigenvalue weighted by molar-refractivity contribution is -0.167. The van der Waals surface area contributed by atoms with Gasteiger partial charge in [0.15, 0.2) is 6.10 Å². The summed E-state index contributed by atoms with van der Waals surface area (Å²) in [4.78, 5) is 38.2. The van der Waals surface area contributed by atoms with E-state index in [1.54, 1.807) is 0 Å². The van der Waals surface area contributed by atoms with Crippen molar-refractivity contribution in [3.05, 3.63) is 60.8 Å². The molecule has 0 radical (unpaired) electrons. The zero-order valence-electron chi connectivity index (χ0n) is 45.1. The average molecular weight is 952 g/mol. The van der Waals surface area contributed by atoms with Gasteiger partial charge in [0, 0.05) is 19.3 Å². The maximum atomic E-state index is 12.9.